The van der Waals surface area contributed by atoms with Crippen molar-refractivity contribution in [1.29, 1.82) is 0 Å². The number of likely N-dealkylation sites (N-methyl/N-ethyl adjacent to an activating group) is 1. The van der Waals surface area contributed by atoms with E-state index in [1.165, 1.54) is 12.1 Å². The molecule has 0 saturated heterocycles. The molecule has 0 radical (unpaired) electrons. The summed E-state index contributed by atoms with van der Waals surface area (Å²) in [6, 6.07) is 3.31. The highest BCUT2D eigenvalue weighted by molar-refractivity contribution is 7.14. The molecule has 7 nitrogen and oxygen atoms in total. The first-order valence-corrected chi connectivity index (χ1v) is 11.1. The van der Waals surface area contributed by atoms with Crippen molar-refractivity contribution in [2.75, 3.05) is 7.05 Å². The monoisotopic (exact) mass is 458 g/mol. The first-order chi connectivity index (χ1) is 15.3. The van der Waals surface area contributed by atoms with Gasteiger partial charge in [0.1, 0.15) is 16.6 Å². The van der Waals surface area contributed by atoms with Gasteiger partial charge in [-0.05, 0) is 24.5 Å². The molecule has 1 N–H and O–H groups in total. The number of aromatic hydroxyl groups is 1. The van der Waals surface area contributed by atoms with E-state index in [-0.39, 0.29) is 39.7 Å². The van der Waals surface area contributed by atoms with Gasteiger partial charge in [0.2, 0.25) is 5.43 Å². The van der Waals surface area contributed by atoms with Crippen LogP contribution in [0.15, 0.2) is 29.2 Å². The van der Waals surface area contributed by atoms with Gasteiger partial charge in [0, 0.05) is 32.3 Å². The van der Waals surface area contributed by atoms with Gasteiger partial charge in [-0.25, -0.2) is 8.78 Å². The van der Waals surface area contributed by atoms with Gasteiger partial charge in [-0.1, -0.05) is 30.2 Å². The van der Waals surface area contributed by atoms with Crippen LogP contribution in [0.5, 0.6) is 5.75 Å². The third kappa shape index (κ3) is 3.21. The van der Waals surface area contributed by atoms with E-state index < -0.39 is 22.8 Å². The maximum atomic E-state index is 14.0. The smallest absolute Gasteiger partial charge is 0.274 e. The number of benzene rings is 1. The second-order valence-electron chi connectivity index (χ2n) is 8.41. The quantitative estimate of drug-likeness (QED) is 0.651. The van der Waals surface area contributed by atoms with Gasteiger partial charge in [-0.15, -0.1) is 10.2 Å². The van der Waals surface area contributed by atoms with Gasteiger partial charge in [-0.2, -0.15) is 0 Å². The van der Waals surface area contributed by atoms with Crippen molar-refractivity contribution >= 4 is 17.2 Å². The lowest BCUT2D eigenvalue weighted by Gasteiger charge is -2.44. The standard InChI is InChI=1S/C22H20F2N4O3S/c1-27-21(31)17-19(30)18(29)14(10-28(17)11-22(27)6-2-3-7-22)20-26-25-16(32-20)8-12-4-5-13(23)9-15(12)24/h4-5,9-10,30H,2-3,6-8,11H2,1H3. The summed E-state index contributed by atoms with van der Waals surface area (Å²) in [4.78, 5) is 27.5. The van der Waals surface area contributed by atoms with Crippen molar-refractivity contribution in [2.45, 2.75) is 44.2 Å². The number of rotatable bonds is 3. The lowest BCUT2D eigenvalue weighted by Crippen LogP contribution is -2.55. The number of hydrogen-bond acceptors (Lipinski definition) is 6. The molecule has 1 aliphatic carbocycles. The Bertz CT molecular complexity index is 1300. The molecule has 2 aromatic heterocycles. The van der Waals surface area contributed by atoms with Gasteiger partial charge >= 0.3 is 0 Å². The molecule has 1 aromatic carbocycles. The second-order valence-corrected chi connectivity index (χ2v) is 9.47. The summed E-state index contributed by atoms with van der Waals surface area (Å²) < 4.78 is 28.8. The van der Waals surface area contributed by atoms with Crippen LogP contribution in [0.3, 0.4) is 0 Å². The van der Waals surface area contributed by atoms with E-state index >= 15 is 0 Å². The van der Waals surface area contributed by atoms with E-state index in [0.29, 0.717) is 11.6 Å². The summed E-state index contributed by atoms with van der Waals surface area (Å²) in [5.41, 5.74) is -0.640. The minimum atomic E-state index is -0.698. The predicted molar refractivity (Wildman–Crippen MR) is 114 cm³/mol. The molecule has 1 saturated carbocycles. The zero-order chi connectivity index (χ0) is 22.6. The first-order valence-electron chi connectivity index (χ1n) is 10.3. The van der Waals surface area contributed by atoms with Gasteiger partial charge in [0.05, 0.1) is 11.1 Å². The highest BCUT2D eigenvalue weighted by Crippen LogP contribution is 2.41. The van der Waals surface area contributed by atoms with Crippen LogP contribution < -0.4 is 5.43 Å². The van der Waals surface area contributed by atoms with E-state index in [1.807, 2.05) is 0 Å². The van der Waals surface area contributed by atoms with Crippen LogP contribution in [0.1, 0.15) is 46.7 Å². The van der Waals surface area contributed by atoms with Crippen molar-refractivity contribution in [3.63, 3.8) is 0 Å². The van der Waals surface area contributed by atoms with Crippen LogP contribution in [0.4, 0.5) is 8.78 Å². The van der Waals surface area contributed by atoms with E-state index in [9.17, 15) is 23.5 Å². The maximum Gasteiger partial charge on any atom is 0.274 e. The third-order valence-electron chi connectivity index (χ3n) is 6.53. The molecule has 0 atom stereocenters. The fourth-order valence-corrected chi connectivity index (χ4v) is 5.61. The fraction of sp³-hybridized carbons (Fsp3) is 0.364. The minimum absolute atomic E-state index is 0.0168. The number of carbonyl (C=O) groups excluding carboxylic acids is 1. The largest absolute Gasteiger partial charge is 0.503 e. The summed E-state index contributed by atoms with van der Waals surface area (Å²) in [5.74, 6) is -2.32. The van der Waals surface area contributed by atoms with Gasteiger partial charge in [0.15, 0.2) is 16.5 Å². The SMILES string of the molecule is CN1C(=O)c2c(O)c(=O)c(-c3nnc(Cc4ccc(F)cc4F)s3)cn2CC12CCCC2. The Labute approximate surface area is 186 Å². The molecule has 0 unspecified atom stereocenters. The van der Waals surface area contributed by atoms with Crippen molar-refractivity contribution < 1.29 is 18.7 Å². The minimum Gasteiger partial charge on any atom is -0.503 e. The summed E-state index contributed by atoms with van der Waals surface area (Å²) in [6.07, 6.45) is 5.42. The number of amides is 1. The zero-order valence-electron chi connectivity index (χ0n) is 17.3. The summed E-state index contributed by atoms with van der Waals surface area (Å²) in [7, 11) is 1.72. The van der Waals surface area contributed by atoms with Crippen LogP contribution in [0.2, 0.25) is 0 Å². The number of fused-ring (bicyclic) bond motifs is 1. The molecule has 1 amide bonds. The van der Waals surface area contributed by atoms with Gasteiger partial charge in [-0.3, -0.25) is 9.59 Å². The van der Waals surface area contributed by atoms with E-state index in [2.05, 4.69) is 10.2 Å². The first kappa shape index (κ1) is 20.7. The molecule has 3 aromatic rings. The molecule has 1 fully saturated rings. The normalized spacial score (nSPS) is 17.2. The van der Waals surface area contributed by atoms with E-state index in [0.717, 1.165) is 43.1 Å². The van der Waals surface area contributed by atoms with Crippen LogP contribution in [0, 0.1) is 11.6 Å². The number of nitrogens with zero attached hydrogens (tertiary/aromatic N) is 4. The Hall–Kier alpha value is -3.14. The number of hydrogen-bond donors (Lipinski definition) is 1. The zero-order valence-corrected chi connectivity index (χ0v) is 18.1. The predicted octanol–water partition coefficient (Wildman–Crippen LogP) is 3.34. The summed E-state index contributed by atoms with van der Waals surface area (Å²) in [5, 5.41) is 19.4. The Kier molecular flexibility index (Phi) is 4.85. The topological polar surface area (TPSA) is 88.3 Å². The maximum absolute atomic E-state index is 14.0. The number of aromatic nitrogens is 3. The van der Waals surface area contributed by atoms with Gasteiger partial charge in [0.25, 0.3) is 5.91 Å². The van der Waals surface area contributed by atoms with Crippen LogP contribution in [-0.4, -0.2) is 43.3 Å². The number of pyridine rings is 1. The van der Waals surface area contributed by atoms with E-state index in [1.54, 1.807) is 22.7 Å². The van der Waals surface area contributed by atoms with Crippen LogP contribution in [0.25, 0.3) is 10.6 Å². The molecule has 1 aliphatic heterocycles. The average molecular weight is 458 g/mol. The molecule has 2 aliphatic rings. The Morgan fingerprint density at radius 3 is 2.66 bits per heavy atom. The summed E-state index contributed by atoms with van der Waals surface area (Å²) in [6.45, 7) is 0.484. The highest BCUT2D eigenvalue weighted by atomic mass is 32.1. The number of carbonyl (C=O) groups is 1. The number of halogens is 2. The molecule has 1 spiro atoms. The lowest BCUT2D eigenvalue weighted by atomic mass is 9.91. The van der Waals surface area contributed by atoms with Crippen molar-refractivity contribution in [1.82, 2.24) is 19.7 Å². The van der Waals surface area contributed by atoms with Gasteiger partial charge < -0.3 is 14.6 Å². The van der Waals surface area contributed by atoms with E-state index in [4.69, 9.17) is 0 Å². The summed E-state index contributed by atoms with van der Waals surface area (Å²) >= 11 is 1.09. The van der Waals surface area contributed by atoms with Crippen molar-refractivity contribution in [2.24, 2.45) is 0 Å². The third-order valence-corrected chi connectivity index (χ3v) is 7.48. The molecular formula is C22H20F2N4O3S. The lowest BCUT2D eigenvalue weighted by molar-refractivity contribution is 0.0418. The Balaban J connectivity index is 1.53. The van der Waals surface area contributed by atoms with Crippen LogP contribution >= 0.6 is 11.3 Å². The molecule has 166 valence electrons. The average Bonchev–Trinajstić information content (AvgIpc) is 3.41. The van der Waals surface area contributed by atoms with Crippen molar-refractivity contribution in [3.8, 4) is 16.3 Å². The second kappa shape index (κ2) is 7.47. The molecule has 10 heteroatoms. The molecule has 32 heavy (non-hydrogen) atoms. The fourth-order valence-electron chi connectivity index (χ4n) is 4.74. The molecule has 0 bridgehead atoms. The molecular weight excluding hydrogens is 438 g/mol. The van der Waals surface area contributed by atoms with Crippen LogP contribution in [-0.2, 0) is 13.0 Å². The highest BCUT2D eigenvalue weighted by Gasteiger charge is 2.46. The molecule has 5 rings (SSSR count). The molecule has 3 heterocycles. The Morgan fingerprint density at radius 1 is 1.19 bits per heavy atom. The van der Waals surface area contributed by atoms with Crippen molar-refractivity contribution in [3.05, 3.63) is 62.5 Å². The Morgan fingerprint density at radius 2 is 1.94 bits per heavy atom.